The van der Waals surface area contributed by atoms with Crippen molar-refractivity contribution in [1.29, 1.82) is 0 Å². The molecule has 0 amide bonds. The Balaban J connectivity index is 2.44. The van der Waals surface area contributed by atoms with Gasteiger partial charge in [0.15, 0.2) is 0 Å². The zero-order valence-corrected chi connectivity index (χ0v) is 8.89. The Morgan fingerprint density at radius 1 is 1.54 bits per heavy atom. The van der Waals surface area contributed by atoms with E-state index in [4.69, 9.17) is 5.11 Å². The first-order valence-electron chi connectivity index (χ1n) is 4.54. The van der Waals surface area contributed by atoms with Crippen molar-refractivity contribution >= 4 is 16.8 Å². The number of carboxylic acids is 1. The number of rotatable bonds is 5. The summed E-state index contributed by atoms with van der Waals surface area (Å²) >= 11 is 0. The highest BCUT2D eigenvalue weighted by molar-refractivity contribution is 7.85. The van der Waals surface area contributed by atoms with Crippen LogP contribution in [0.5, 0.6) is 0 Å². The molecule has 0 spiro atoms. The van der Waals surface area contributed by atoms with E-state index >= 15 is 0 Å². The maximum atomic E-state index is 11.5. The minimum absolute atomic E-state index is 0.124. The molecule has 0 radical (unpaired) electrons. The van der Waals surface area contributed by atoms with Crippen LogP contribution in [0.15, 0.2) is 0 Å². The van der Waals surface area contributed by atoms with Crippen molar-refractivity contribution in [3.05, 3.63) is 0 Å². The zero-order chi connectivity index (χ0) is 10.1. The Bertz CT molecular complexity index is 231. The van der Waals surface area contributed by atoms with Gasteiger partial charge in [-0.2, -0.15) is 0 Å². The Morgan fingerprint density at radius 3 is 2.38 bits per heavy atom. The van der Waals surface area contributed by atoms with Gasteiger partial charge in [-0.3, -0.25) is 9.00 Å². The van der Waals surface area contributed by atoms with Gasteiger partial charge in [0.05, 0.1) is 6.42 Å². The van der Waals surface area contributed by atoms with Gasteiger partial charge in [-0.05, 0) is 18.3 Å². The van der Waals surface area contributed by atoms with Crippen molar-refractivity contribution in [3.63, 3.8) is 0 Å². The lowest BCUT2D eigenvalue weighted by atomic mass is 10.1. The van der Waals surface area contributed by atoms with Gasteiger partial charge >= 0.3 is 5.97 Å². The monoisotopic (exact) mass is 204 g/mol. The second-order valence-corrected chi connectivity index (χ2v) is 6.14. The van der Waals surface area contributed by atoms with Crippen LogP contribution in [-0.4, -0.2) is 26.3 Å². The summed E-state index contributed by atoms with van der Waals surface area (Å²) in [5, 5.41) is 8.79. The maximum Gasteiger partial charge on any atom is 0.303 e. The molecule has 1 aliphatic carbocycles. The molecule has 3 nitrogen and oxygen atoms in total. The third-order valence-corrected chi connectivity index (χ3v) is 4.41. The van der Waals surface area contributed by atoms with Crippen LogP contribution in [-0.2, 0) is 15.6 Å². The molecule has 1 unspecified atom stereocenters. The van der Waals surface area contributed by atoms with Gasteiger partial charge in [-0.25, -0.2) is 0 Å². The molecule has 1 atom stereocenters. The lowest BCUT2D eigenvalue weighted by Crippen LogP contribution is -2.20. The van der Waals surface area contributed by atoms with Crippen LogP contribution in [0.1, 0.15) is 33.1 Å². The normalized spacial score (nSPS) is 21.5. The lowest BCUT2D eigenvalue weighted by Gasteiger charge is -2.13. The summed E-state index contributed by atoms with van der Waals surface area (Å²) in [7, 11) is -0.858. The van der Waals surface area contributed by atoms with Crippen LogP contribution in [0.2, 0.25) is 0 Å². The van der Waals surface area contributed by atoms with Crippen molar-refractivity contribution < 1.29 is 14.1 Å². The van der Waals surface area contributed by atoms with Crippen LogP contribution in [0.3, 0.4) is 0 Å². The van der Waals surface area contributed by atoms with Crippen LogP contribution in [0, 0.1) is 5.41 Å². The van der Waals surface area contributed by atoms with Gasteiger partial charge in [0, 0.05) is 21.8 Å². The number of carbonyl (C=O) groups is 1. The Hall–Kier alpha value is -0.380. The summed E-state index contributed by atoms with van der Waals surface area (Å²) < 4.78 is 11.5. The first-order valence-corrected chi connectivity index (χ1v) is 5.92. The summed E-state index contributed by atoms with van der Waals surface area (Å²) in [6.07, 6.45) is 2.04. The van der Waals surface area contributed by atoms with Crippen molar-refractivity contribution in [2.75, 3.05) is 5.75 Å². The molecule has 0 bridgehead atoms. The molecule has 76 valence electrons. The van der Waals surface area contributed by atoms with E-state index in [-0.39, 0.29) is 17.1 Å². The van der Waals surface area contributed by atoms with E-state index in [1.807, 2.05) is 13.8 Å². The Morgan fingerprint density at radius 2 is 2.08 bits per heavy atom. The maximum absolute atomic E-state index is 11.5. The second-order valence-electron chi connectivity index (χ2n) is 4.14. The van der Waals surface area contributed by atoms with E-state index in [1.165, 1.54) is 0 Å². The first-order chi connectivity index (χ1) is 5.95. The molecule has 1 fully saturated rings. The summed E-state index contributed by atoms with van der Waals surface area (Å²) in [4.78, 5) is 10.5. The van der Waals surface area contributed by atoms with E-state index in [2.05, 4.69) is 0 Å². The van der Waals surface area contributed by atoms with Gasteiger partial charge in [-0.15, -0.1) is 0 Å². The number of carboxylic acid groups (broad SMARTS) is 1. The first kappa shape index (κ1) is 10.7. The van der Waals surface area contributed by atoms with Crippen LogP contribution in [0.25, 0.3) is 0 Å². The number of hydrogen-bond donors (Lipinski definition) is 1. The van der Waals surface area contributed by atoms with Crippen molar-refractivity contribution in [2.45, 2.75) is 38.4 Å². The second kappa shape index (κ2) is 3.78. The fourth-order valence-corrected chi connectivity index (χ4v) is 2.67. The fourth-order valence-electron chi connectivity index (χ4n) is 1.34. The lowest BCUT2D eigenvalue weighted by molar-refractivity contribution is -0.138. The molecule has 1 saturated carbocycles. The molecule has 4 heteroatoms. The molecule has 1 rings (SSSR count). The van der Waals surface area contributed by atoms with Crippen molar-refractivity contribution in [1.82, 2.24) is 0 Å². The van der Waals surface area contributed by atoms with Crippen LogP contribution < -0.4 is 0 Å². The molecule has 1 aliphatic rings. The van der Waals surface area contributed by atoms with E-state index in [0.717, 1.165) is 12.8 Å². The van der Waals surface area contributed by atoms with Gasteiger partial charge in [0.2, 0.25) is 0 Å². The molecule has 0 aromatic heterocycles. The molecule has 0 aliphatic heterocycles. The molecule has 0 saturated heterocycles. The van der Waals surface area contributed by atoms with E-state index in [1.54, 1.807) is 0 Å². The number of aliphatic carboxylic acids is 1. The summed E-state index contributed by atoms with van der Waals surface area (Å²) in [5.41, 5.74) is -0.124. The minimum atomic E-state index is -0.858. The van der Waals surface area contributed by atoms with Crippen molar-refractivity contribution in [3.8, 4) is 0 Å². The van der Waals surface area contributed by atoms with Gasteiger partial charge in [-0.1, -0.05) is 13.8 Å². The summed E-state index contributed by atoms with van der Waals surface area (Å²) in [5.74, 6) is -0.199. The van der Waals surface area contributed by atoms with E-state index in [9.17, 15) is 9.00 Å². The summed E-state index contributed by atoms with van der Waals surface area (Å²) in [6.45, 7) is 3.82. The van der Waals surface area contributed by atoms with E-state index < -0.39 is 16.8 Å². The molecular formula is C9H16O3S. The summed E-state index contributed by atoms with van der Waals surface area (Å²) in [6, 6.07) is 0. The SMILES string of the molecule is CC(C)S(=O)CC1(CC(=O)O)CC1. The standard InChI is InChI=1S/C9H16O3S/c1-7(2)13(12)6-9(3-4-9)5-8(10)11/h7H,3-6H2,1-2H3,(H,10,11). The average molecular weight is 204 g/mol. The molecule has 13 heavy (non-hydrogen) atoms. The van der Waals surface area contributed by atoms with Crippen LogP contribution in [0.4, 0.5) is 0 Å². The predicted molar refractivity (Wildman–Crippen MR) is 52.1 cm³/mol. The predicted octanol–water partition coefficient (Wildman–Crippen LogP) is 1.40. The molecule has 0 heterocycles. The highest BCUT2D eigenvalue weighted by Crippen LogP contribution is 2.49. The quantitative estimate of drug-likeness (QED) is 0.736. The average Bonchev–Trinajstić information content (AvgIpc) is 2.67. The third kappa shape index (κ3) is 3.10. The smallest absolute Gasteiger partial charge is 0.303 e. The molecular weight excluding hydrogens is 188 g/mol. The largest absolute Gasteiger partial charge is 0.481 e. The van der Waals surface area contributed by atoms with Crippen LogP contribution >= 0.6 is 0 Å². The minimum Gasteiger partial charge on any atom is -0.481 e. The van der Waals surface area contributed by atoms with Crippen molar-refractivity contribution in [2.24, 2.45) is 5.41 Å². The highest BCUT2D eigenvalue weighted by atomic mass is 32.2. The zero-order valence-electron chi connectivity index (χ0n) is 8.08. The number of hydrogen-bond acceptors (Lipinski definition) is 2. The van der Waals surface area contributed by atoms with Gasteiger partial charge in [0.1, 0.15) is 0 Å². The topological polar surface area (TPSA) is 54.4 Å². The highest BCUT2D eigenvalue weighted by Gasteiger charge is 2.45. The van der Waals surface area contributed by atoms with Gasteiger partial charge < -0.3 is 5.11 Å². The Labute approximate surface area is 81.0 Å². The Kier molecular flexibility index (Phi) is 3.11. The van der Waals surface area contributed by atoms with E-state index in [0.29, 0.717) is 5.75 Å². The molecule has 0 aromatic rings. The fraction of sp³-hybridized carbons (Fsp3) is 0.889. The third-order valence-electron chi connectivity index (χ3n) is 2.46. The van der Waals surface area contributed by atoms with Gasteiger partial charge in [0.25, 0.3) is 0 Å². The molecule has 0 aromatic carbocycles. The molecule has 1 N–H and O–H groups in total.